The molecule has 1 aromatic heterocycles. The van der Waals surface area contributed by atoms with E-state index < -0.39 is 16.5 Å². The molecule has 78 valence electrons. The van der Waals surface area contributed by atoms with E-state index in [0.717, 1.165) is 12.5 Å². The van der Waals surface area contributed by atoms with Crippen LogP contribution in [0.5, 0.6) is 0 Å². The number of ether oxygens (including phenoxy) is 1. The molecule has 1 rings (SSSR count). The van der Waals surface area contributed by atoms with Crippen LogP contribution in [-0.4, -0.2) is 30.1 Å². The third kappa shape index (κ3) is 2.46. The maximum atomic E-state index is 11.2. The fraction of sp³-hybridized carbons (Fsp3) is 0.333. The first-order valence-corrected chi connectivity index (χ1v) is 5.02. The lowest BCUT2D eigenvalue weighted by Crippen LogP contribution is -2.19. The molecule has 1 aromatic rings. The molecule has 0 unspecified atom stereocenters. The fourth-order valence-corrected chi connectivity index (χ4v) is 1.33. The van der Waals surface area contributed by atoms with Crippen LogP contribution in [0.4, 0.5) is 4.79 Å². The number of imidazole rings is 1. The largest absolute Gasteiger partial charge is 0.525 e. The van der Waals surface area contributed by atoms with Gasteiger partial charge < -0.3 is 4.74 Å². The summed E-state index contributed by atoms with van der Waals surface area (Å²) in [6, 6.07) is 0. The summed E-state index contributed by atoms with van der Waals surface area (Å²) in [5, 5.41) is 0. The van der Waals surface area contributed by atoms with E-state index in [1.165, 1.54) is 13.1 Å². The van der Waals surface area contributed by atoms with Gasteiger partial charge in [0, 0.05) is 12.4 Å². The van der Waals surface area contributed by atoms with Crippen LogP contribution in [0.3, 0.4) is 0 Å². The summed E-state index contributed by atoms with van der Waals surface area (Å²) in [5.74, 6) is 0. The molecule has 0 bridgehead atoms. The maximum Gasteiger partial charge on any atom is 0.525 e. The molecule has 0 atom stereocenters. The molecule has 0 aliphatic rings. The van der Waals surface area contributed by atoms with Gasteiger partial charge in [-0.15, -0.1) is 0 Å². The summed E-state index contributed by atoms with van der Waals surface area (Å²) < 4.78 is 31.4. The summed E-state index contributed by atoms with van der Waals surface area (Å²) in [6.07, 6.45) is 2.11. The number of carbonyl (C=O) groups excluding carboxylic acids is 1. The zero-order valence-electron chi connectivity index (χ0n) is 7.28. The van der Waals surface area contributed by atoms with Crippen molar-refractivity contribution in [1.82, 2.24) is 8.96 Å². The highest BCUT2D eigenvalue weighted by Crippen LogP contribution is 2.00. The van der Waals surface area contributed by atoms with E-state index in [-0.39, 0.29) is 6.61 Å². The number of aromatic nitrogens is 2. The molecule has 0 saturated carbocycles. The lowest BCUT2D eigenvalue weighted by Gasteiger charge is -2.04. The van der Waals surface area contributed by atoms with Crippen LogP contribution < -0.4 is 0 Å². The van der Waals surface area contributed by atoms with Crippen molar-refractivity contribution in [2.24, 2.45) is 0 Å². The van der Waals surface area contributed by atoms with E-state index in [2.05, 4.69) is 13.9 Å². The number of hydrogen-bond donors (Lipinski definition) is 0. The second-order valence-corrected chi connectivity index (χ2v) is 3.56. The minimum atomic E-state index is -4.16. The van der Waals surface area contributed by atoms with Crippen LogP contribution in [-0.2, 0) is 19.2 Å². The minimum Gasteiger partial charge on any atom is -0.434 e. The van der Waals surface area contributed by atoms with Crippen molar-refractivity contribution in [2.75, 3.05) is 6.61 Å². The van der Waals surface area contributed by atoms with Gasteiger partial charge in [0.2, 0.25) is 0 Å². The molecule has 0 N–H and O–H groups in total. The molecule has 1 heterocycles. The molecule has 0 aliphatic carbocycles. The van der Waals surface area contributed by atoms with Gasteiger partial charge in [-0.2, -0.15) is 8.42 Å². The third-order valence-corrected chi connectivity index (χ3v) is 2.25. The minimum absolute atomic E-state index is 0.0400. The summed E-state index contributed by atoms with van der Waals surface area (Å²) >= 11 is 0. The van der Waals surface area contributed by atoms with E-state index in [9.17, 15) is 13.2 Å². The number of carbonyl (C=O) groups is 1. The molecule has 8 heteroatoms. The molecule has 0 amide bonds. The van der Waals surface area contributed by atoms with Gasteiger partial charge in [-0.05, 0) is 6.92 Å². The zero-order valence-corrected chi connectivity index (χ0v) is 8.10. The Labute approximate surface area is 80.5 Å². The van der Waals surface area contributed by atoms with Gasteiger partial charge in [-0.25, -0.2) is 13.8 Å². The highest BCUT2D eigenvalue weighted by molar-refractivity contribution is 7.85. The molecular formula is C6H8N2O5S. The Morgan fingerprint density at radius 1 is 1.57 bits per heavy atom. The second-order valence-electron chi connectivity index (χ2n) is 2.12. The molecule has 0 aromatic carbocycles. The average molecular weight is 220 g/mol. The molecular weight excluding hydrogens is 212 g/mol. The molecule has 0 aliphatic heterocycles. The van der Waals surface area contributed by atoms with Crippen LogP contribution in [0.25, 0.3) is 0 Å². The van der Waals surface area contributed by atoms with Gasteiger partial charge in [0.25, 0.3) is 0 Å². The molecule has 0 radical (unpaired) electrons. The monoisotopic (exact) mass is 220 g/mol. The molecule has 0 saturated heterocycles. The van der Waals surface area contributed by atoms with E-state index in [1.54, 1.807) is 0 Å². The number of nitrogens with zero attached hydrogens (tertiary/aromatic N) is 2. The Morgan fingerprint density at radius 3 is 2.79 bits per heavy atom. The lowest BCUT2D eigenvalue weighted by atomic mass is 10.9. The normalized spacial score (nSPS) is 10.9. The maximum absolute atomic E-state index is 11.2. The topological polar surface area (TPSA) is 87.5 Å². The summed E-state index contributed by atoms with van der Waals surface area (Å²) in [4.78, 5) is 14.2. The van der Waals surface area contributed by atoms with E-state index >= 15 is 0 Å². The molecule has 0 fully saturated rings. The quantitative estimate of drug-likeness (QED) is 0.674. The van der Waals surface area contributed by atoms with Crippen LogP contribution in [0, 0.1) is 0 Å². The Kier molecular flexibility index (Phi) is 3.07. The van der Waals surface area contributed by atoms with Crippen molar-refractivity contribution in [3.05, 3.63) is 18.7 Å². The predicted octanol–water partition coefficient (Wildman–Crippen LogP) is 0.149. The Balaban J connectivity index is 2.74. The summed E-state index contributed by atoms with van der Waals surface area (Å²) in [6.45, 7) is 1.57. The van der Waals surface area contributed by atoms with Gasteiger partial charge >= 0.3 is 16.5 Å². The third-order valence-electron chi connectivity index (χ3n) is 1.17. The molecule has 7 nitrogen and oxygen atoms in total. The SMILES string of the molecule is CCOC(=O)OS(=O)(=O)n1ccnc1. The average Bonchev–Trinajstić information content (AvgIpc) is 2.54. The second kappa shape index (κ2) is 4.09. The van der Waals surface area contributed by atoms with E-state index in [1.807, 2.05) is 0 Å². The van der Waals surface area contributed by atoms with Gasteiger partial charge in [0.05, 0.1) is 6.61 Å². The Morgan fingerprint density at radius 2 is 2.29 bits per heavy atom. The highest BCUT2D eigenvalue weighted by Gasteiger charge is 2.19. The summed E-state index contributed by atoms with van der Waals surface area (Å²) in [7, 11) is -4.16. The predicted molar refractivity (Wildman–Crippen MR) is 44.7 cm³/mol. The zero-order chi connectivity index (χ0) is 10.6. The van der Waals surface area contributed by atoms with E-state index in [4.69, 9.17) is 0 Å². The van der Waals surface area contributed by atoms with Crippen LogP contribution in [0.1, 0.15) is 6.92 Å². The van der Waals surface area contributed by atoms with Crippen molar-refractivity contribution in [1.29, 1.82) is 0 Å². The first kappa shape index (κ1) is 10.5. The number of hydrogen-bond acceptors (Lipinski definition) is 6. The number of rotatable bonds is 3. The van der Waals surface area contributed by atoms with Crippen molar-refractivity contribution >= 4 is 16.5 Å². The smallest absolute Gasteiger partial charge is 0.434 e. The van der Waals surface area contributed by atoms with Crippen LogP contribution in [0.15, 0.2) is 18.7 Å². The first-order valence-electron chi connectivity index (χ1n) is 3.66. The molecule has 14 heavy (non-hydrogen) atoms. The Hall–Kier alpha value is -1.57. The van der Waals surface area contributed by atoms with Crippen LogP contribution >= 0.6 is 0 Å². The van der Waals surface area contributed by atoms with Crippen molar-refractivity contribution in [3.63, 3.8) is 0 Å². The van der Waals surface area contributed by atoms with Gasteiger partial charge in [-0.1, -0.05) is 0 Å². The molecule has 0 spiro atoms. The van der Waals surface area contributed by atoms with Gasteiger partial charge in [0.1, 0.15) is 6.33 Å². The van der Waals surface area contributed by atoms with Crippen molar-refractivity contribution in [3.8, 4) is 0 Å². The first-order chi connectivity index (χ1) is 6.56. The fourth-order valence-electron chi connectivity index (χ4n) is 0.650. The summed E-state index contributed by atoms with van der Waals surface area (Å²) in [5.41, 5.74) is 0. The van der Waals surface area contributed by atoms with Gasteiger partial charge in [0.15, 0.2) is 0 Å². The highest BCUT2D eigenvalue weighted by atomic mass is 32.2. The van der Waals surface area contributed by atoms with Gasteiger partial charge in [-0.3, -0.25) is 4.18 Å². The standard InChI is InChI=1S/C6H8N2O5S/c1-2-12-6(9)13-14(10,11)8-4-3-7-5-8/h3-5H,2H2,1H3. The lowest BCUT2D eigenvalue weighted by molar-refractivity contribution is 0.106. The van der Waals surface area contributed by atoms with Crippen molar-refractivity contribution in [2.45, 2.75) is 6.92 Å². The Bertz CT molecular complexity index is 396. The van der Waals surface area contributed by atoms with Crippen LogP contribution in [0.2, 0.25) is 0 Å². The van der Waals surface area contributed by atoms with Crippen molar-refractivity contribution < 1.29 is 22.1 Å². The van der Waals surface area contributed by atoms with E-state index in [0.29, 0.717) is 3.97 Å².